The minimum atomic E-state index is -0.903. The molecule has 1 aliphatic rings. The smallest absolute Gasteiger partial charge is 0.274 e. The monoisotopic (exact) mass is 360 g/mol. The van der Waals surface area contributed by atoms with Crippen molar-refractivity contribution in [3.63, 3.8) is 0 Å². The Kier molecular flexibility index (Phi) is 4.94. The molecule has 136 valence electrons. The van der Waals surface area contributed by atoms with Crippen molar-refractivity contribution in [2.45, 2.75) is 18.9 Å². The number of ether oxygens (including phenoxy) is 1. The Bertz CT molecular complexity index is 855. The molecule has 0 bridgehead atoms. The van der Waals surface area contributed by atoms with Gasteiger partial charge in [-0.3, -0.25) is 9.79 Å². The number of halogens is 2. The second-order valence-corrected chi connectivity index (χ2v) is 6.19. The fourth-order valence-electron chi connectivity index (χ4n) is 2.77. The molecule has 0 radical (unpaired) electrons. The number of amides is 1. The zero-order valence-corrected chi connectivity index (χ0v) is 14.1. The van der Waals surface area contributed by atoms with Crippen molar-refractivity contribution in [3.05, 3.63) is 59.4 Å². The van der Waals surface area contributed by atoms with Gasteiger partial charge in [-0.15, -0.1) is 0 Å². The number of carbonyl (C=O) groups excluding carboxylic acids is 1. The molecular weight excluding hydrogens is 342 g/mol. The highest BCUT2D eigenvalue weighted by molar-refractivity contribution is 6.02. The number of nitrogens with two attached hydrogens (primary N) is 1. The molecule has 1 aromatic heterocycles. The Balaban J connectivity index is 1.89. The van der Waals surface area contributed by atoms with Gasteiger partial charge in [0.05, 0.1) is 11.7 Å². The molecule has 1 aromatic carbocycles. The number of hydrogen-bond donors (Lipinski definition) is 2. The van der Waals surface area contributed by atoms with E-state index in [0.29, 0.717) is 24.3 Å². The summed E-state index contributed by atoms with van der Waals surface area (Å²) >= 11 is 0. The van der Waals surface area contributed by atoms with Gasteiger partial charge in [-0.25, -0.2) is 13.8 Å². The normalized spacial score (nSPS) is 20.2. The van der Waals surface area contributed by atoms with E-state index in [0.717, 1.165) is 12.3 Å². The first kappa shape index (κ1) is 17.9. The van der Waals surface area contributed by atoms with Gasteiger partial charge in [0, 0.05) is 17.9 Å². The maximum atomic E-state index is 14.4. The highest BCUT2D eigenvalue weighted by Crippen LogP contribution is 2.34. The molecule has 0 saturated heterocycles. The van der Waals surface area contributed by atoms with E-state index in [1.165, 1.54) is 24.3 Å². The fourth-order valence-corrected chi connectivity index (χ4v) is 2.77. The summed E-state index contributed by atoms with van der Waals surface area (Å²) < 4.78 is 32.7. The molecule has 26 heavy (non-hydrogen) atoms. The molecule has 2 aromatic rings. The molecule has 1 unspecified atom stereocenters. The Morgan fingerprint density at radius 2 is 2.12 bits per heavy atom. The van der Waals surface area contributed by atoms with Crippen LogP contribution < -0.4 is 11.1 Å². The maximum absolute atomic E-state index is 14.4. The second-order valence-electron chi connectivity index (χ2n) is 6.19. The van der Waals surface area contributed by atoms with Gasteiger partial charge in [0.2, 0.25) is 0 Å². The maximum Gasteiger partial charge on any atom is 0.274 e. The number of anilines is 1. The number of amidine groups is 1. The molecule has 1 aliphatic heterocycles. The van der Waals surface area contributed by atoms with Crippen molar-refractivity contribution >= 4 is 17.4 Å². The van der Waals surface area contributed by atoms with Crippen LogP contribution in [0.4, 0.5) is 14.5 Å². The lowest BCUT2D eigenvalue weighted by molar-refractivity contribution is 0.102. The van der Waals surface area contributed by atoms with Crippen LogP contribution in [0.1, 0.15) is 29.4 Å². The summed E-state index contributed by atoms with van der Waals surface area (Å²) in [5.41, 5.74) is 5.62. The number of hydrogen-bond acceptors (Lipinski definition) is 5. The van der Waals surface area contributed by atoms with Gasteiger partial charge >= 0.3 is 0 Å². The third-order valence-corrected chi connectivity index (χ3v) is 4.14. The van der Waals surface area contributed by atoms with Crippen molar-refractivity contribution in [2.75, 3.05) is 18.5 Å². The second kappa shape index (κ2) is 7.17. The number of nitrogens with zero attached hydrogens (tertiary/aromatic N) is 2. The Morgan fingerprint density at radius 3 is 2.85 bits per heavy atom. The van der Waals surface area contributed by atoms with E-state index in [4.69, 9.17) is 10.5 Å². The fraction of sp³-hybridized carbons (Fsp3) is 0.278. The van der Waals surface area contributed by atoms with E-state index in [9.17, 15) is 13.6 Å². The quantitative estimate of drug-likeness (QED) is 0.880. The van der Waals surface area contributed by atoms with Gasteiger partial charge in [0.15, 0.2) is 0 Å². The van der Waals surface area contributed by atoms with Crippen molar-refractivity contribution in [2.24, 2.45) is 10.7 Å². The van der Waals surface area contributed by atoms with Crippen LogP contribution in [-0.4, -0.2) is 29.9 Å². The lowest BCUT2D eigenvalue weighted by Gasteiger charge is -2.25. The molecule has 3 rings (SSSR count). The van der Waals surface area contributed by atoms with Crippen LogP contribution in [0.3, 0.4) is 0 Å². The number of nitrogens with one attached hydrogen (secondary N) is 1. The molecule has 0 fully saturated rings. The van der Waals surface area contributed by atoms with Crippen LogP contribution in [0.2, 0.25) is 0 Å². The molecule has 0 spiro atoms. The average molecular weight is 360 g/mol. The Labute approximate surface area is 149 Å². The molecular formula is C18H18F2N4O2. The van der Waals surface area contributed by atoms with Gasteiger partial charge < -0.3 is 15.8 Å². The first-order valence-corrected chi connectivity index (χ1v) is 8.02. The van der Waals surface area contributed by atoms with Crippen LogP contribution in [0.5, 0.6) is 0 Å². The predicted molar refractivity (Wildman–Crippen MR) is 93.0 cm³/mol. The van der Waals surface area contributed by atoms with E-state index >= 15 is 0 Å². The highest BCUT2D eigenvalue weighted by atomic mass is 19.1. The highest BCUT2D eigenvalue weighted by Gasteiger charge is 2.31. The number of pyridine rings is 1. The standard InChI is InChI=1S/C18H18F2N4O2/c1-18(6-7-26-10-16(21)24-18)13-8-12(3-4-14(13)20)23-17(25)15-5-2-11(19)9-22-15/h2-5,8-9H,6-7,10H2,1H3,(H2,21,24)(H,23,25). The van der Waals surface area contributed by atoms with Crippen LogP contribution in [0.15, 0.2) is 41.5 Å². The summed E-state index contributed by atoms with van der Waals surface area (Å²) in [4.78, 5) is 20.3. The molecule has 3 N–H and O–H groups in total. The number of benzene rings is 1. The third kappa shape index (κ3) is 3.85. The van der Waals surface area contributed by atoms with Crippen LogP contribution in [-0.2, 0) is 10.3 Å². The van der Waals surface area contributed by atoms with Crippen molar-refractivity contribution in [3.8, 4) is 0 Å². The molecule has 0 saturated carbocycles. The third-order valence-electron chi connectivity index (χ3n) is 4.14. The molecule has 6 nitrogen and oxygen atoms in total. The molecule has 1 amide bonds. The van der Waals surface area contributed by atoms with Crippen molar-refractivity contribution in [1.29, 1.82) is 0 Å². The SMILES string of the molecule is CC1(c2cc(NC(=O)c3ccc(F)cn3)ccc2F)CCOCC(N)=N1. The summed E-state index contributed by atoms with van der Waals surface area (Å²) in [6, 6.07) is 6.61. The van der Waals surface area contributed by atoms with E-state index in [-0.39, 0.29) is 18.1 Å². The predicted octanol–water partition coefficient (Wildman–Crippen LogP) is 2.60. The number of carbonyl (C=O) groups is 1. The zero-order chi connectivity index (χ0) is 18.7. The first-order valence-electron chi connectivity index (χ1n) is 8.02. The summed E-state index contributed by atoms with van der Waals surface area (Å²) in [6.07, 6.45) is 1.40. The molecule has 8 heteroatoms. The molecule has 0 aliphatic carbocycles. The number of aliphatic imine (C=N–C) groups is 1. The molecule has 1 atom stereocenters. The van der Waals surface area contributed by atoms with Crippen LogP contribution in [0, 0.1) is 11.6 Å². The lowest BCUT2D eigenvalue weighted by atomic mass is 9.88. The summed E-state index contributed by atoms with van der Waals surface area (Å²) in [7, 11) is 0. The van der Waals surface area contributed by atoms with Crippen LogP contribution >= 0.6 is 0 Å². The summed E-state index contributed by atoms with van der Waals surface area (Å²) in [6.45, 7) is 2.35. The van der Waals surface area contributed by atoms with E-state index in [1.807, 2.05) is 0 Å². The van der Waals surface area contributed by atoms with E-state index < -0.39 is 23.1 Å². The topological polar surface area (TPSA) is 89.6 Å². The summed E-state index contributed by atoms with van der Waals surface area (Å²) in [5.74, 6) is -1.23. The van der Waals surface area contributed by atoms with E-state index in [2.05, 4.69) is 15.3 Å². The van der Waals surface area contributed by atoms with Gasteiger partial charge in [-0.05, 0) is 43.7 Å². The Hall–Kier alpha value is -2.87. The first-order chi connectivity index (χ1) is 12.4. The Morgan fingerprint density at radius 1 is 1.31 bits per heavy atom. The lowest BCUT2D eigenvalue weighted by Crippen LogP contribution is -2.26. The minimum absolute atomic E-state index is 0.0496. The largest absolute Gasteiger partial charge is 0.386 e. The van der Waals surface area contributed by atoms with Gasteiger partial charge in [-0.1, -0.05) is 0 Å². The van der Waals surface area contributed by atoms with Crippen LogP contribution in [0.25, 0.3) is 0 Å². The summed E-state index contributed by atoms with van der Waals surface area (Å²) in [5, 5.41) is 2.63. The van der Waals surface area contributed by atoms with Crippen molar-refractivity contribution in [1.82, 2.24) is 4.98 Å². The van der Waals surface area contributed by atoms with Gasteiger partial charge in [0.1, 0.15) is 29.8 Å². The van der Waals surface area contributed by atoms with Crippen molar-refractivity contribution < 1.29 is 18.3 Å². The average Bonchev–Trinajstić information content (AvgIpc) is 2.78. The molecule has 2 heterocycles. The van der Waals surface area contributed by atoms with Gasteiger partial charge in [-0.2, -0.15) is 0 Å². The minimum Gasteiger partial charge on any atom is -0.386 e. The van der Waals surface area contributed by atoms with Gasteiger partial charge in [0.25, 0.3) is 5.91 Å². The number of rotatable bonds is 3. The number of aromatic nitrogens is 1. The van der Waals surface area contributed by atoms with E-state index in [1.54, 1.807) is 6.92 Å². The zero-order valence-electron chi connectivity index (χ0n) is 14.1.